The van der Waals surface area contributed by atoms with E-state index in [1.165, 1.54) is 0 Å². The molecule has 126 valence electrons. The molecule has 0 spiro atoms. The molecule has 0 bridgehead atoms. The largest absolute Gasteiger partial charge is 0.371 e. The number of nitrogens with one attached hydrogen (secondary N) is 1. The molecule has 2 aromatic rings. The van der Waals surface area contributed by atoms with Gasteiger partial charge in [-0.3, -0.25) is 4.79 Å². The van der Waals surface area contributed by atoms with E-state index in [1.54, 1.807) is 12.3 Å². The third-order valence-electron chi connectivity index (χ3n) is 3.95. The molecule has 6 heteroatoms. The Hall–Kier alpha value is -1.27. The van der Waals surface area contributed by atoms with Gasteiger partial charge in [0.25, 0.3) is 0 Å². The number of morpholine rings is 1. The molecule has 1 atom stereocenters. The van der Waals surface area contributed by atoms with E-state index in [1.807, 2.05) is 24.3 Å². The van der Waals surface area contributed by atoms with Gasteiger partial charge in [0.15, 0.2) is 0 Å². The zero-order valence-electron chi connectivity index (χ0n) is 13.1. The standard InChI is InChI=1S/C18H18BrClN2O2/c19-16-9-14(17-11-21-5-6-24-17)3-2-13(16)8-15(23)7-12-1-4-18(20)22-10-12/h1-4,9-10,17,21H,5-8,11H2/t17-/m1/s1. The van der Waals surface area contributed by atoms with Crippen molar-refractivity contribution in [2.24, 2.45) is 0 Å². The lowest BCUT2D eigenvalue weighted by atomic mass is 10.0. The second kappa shape index (κ2) is 8.21. The number of carbonyl (C=O) groups excluding carboxylic acids is 1. The summed E-state index contributed by atoms with van der Waals surface area (Å²) >= 11 is 9.34. The molecule has 2 heterocycles. The molecule has 0 amide bonds. The summed E-state index contributed by atoms with van der Waals surface area (Å²) in [6.07, 6.45) is 2.45. The Bertz CT molecular complexity index is 715. The maximum absolute atomic E-state index is 12.3. The first-order chi connectivity index (χ1) is 11.6. The van der Waals surface area contributed by atoms with Gasteiger partial charge in [-0.25, -0.2) is 4.98 Å². The van der Waals surface area contributed by atoms with E-state index < -0.39 is 0 Å². The quantitative estimate of drug-likeness (QED) is 0.768. The SMILES string of the molecule is O=C(Cc1ccc(Cl)nc1)Cc1ccc([C@H]2CNCCO2)cc1Br. The van der Waals surface area contributed by atoms with Crippen LogP contribution in [-0.4, -0.2) is 30.5 Å². The Morgan fingerprint density at radius 2 is 2.21 bits per heavy atom. The minimum atomic E-state index is 0.0694. The summed E-state index contributed by atoms with van der Waals surface area (Å²) in [5.74, 6) is 0.142. The first-order valence-corrected chi connectivity index (χ1v) is 9.01. The number of rotatable bonds is 5. The minimum absolute atomic E-state index is 0.0694. The zero-order valence-corrected chi connectivity index (χ0v) is 15.4. The summed E-state index contributed by atoms with van der Waals surface area (Å²) in [5.41, 5.74) is 2.97. The molecule has 3 rings (SSSR count). The maximum atomic E-state index is 12.3. The molecule has 1 aliphatic rings. The second-order valence-corrected chi connectivity index (χ2v) is 7.04. The minimum Gasteiger partial charge on any atom is -0.371 e. The summed E-state index contributed by atoms with van der Waals surface area (Å²) in [7, 11) is 0. The van der Waals surface area contributed by atoms with Crippen LogP contribution in [0.15, 0.2) is 41.0 Å². The van der Waals surface area contributed by atoms with Crippen molar-refractivity contribution in [1.29, 1.82) is 0 Å². The number of aromatic nitrogens is 1. The smallest absolute Gasteiger partial charge is 0.141 e. The van der Waals surface area contributed by atoms with Gasteiger partial charge in [0.2, 0.25) is 0 Å². The first-order valence-electron chi connectivity index (χ1n) is 7.84. The van der Waals surface area contributed by atoms with E-state index in [-0.39, 0.29) is 11.9 Å². The van der Waals surface area contributed by atoms with Gasteiger partial charge < -0.3 is 10.1 Å². The topological polar surface area (TPSA) is 51.2 Å². The van der Waals surface area contributed by atoms with Crippen molar-refractivity contribution in [3.8, 4) is 0 Å². The highest BCUT2D eigenvalue weighted by Gasteiger charge is 2.17. The molecule has 1 aromatic carbocycles. The monoisotopic (exact) mass is 408 g/mol. The summed E-state index contributed by atoms with van der Waals surface area (Å²) in [5, 5.41) is 3.76. The van der Waals surface area contributed by atoms with Crippen molar-refractivity contribution >= 4 is 33.3 Å². The van der Waals surface area contributed by atoms with Gasteiger partial charge in [0, 0.05) is 36.6 Å². The fourth-order valence-electron chi connectivity index (χ4n) is 2.70. The van der Waals surface area contributed by atoms with E-state index >= 15 is 0 Å². The highest BCUT2D eigenvalue weighted by Crippen LogP contribution is 2.26. The number of hydrogen-bond acceptors (Lipinski definition) is 4. The fourth-order valence-corrected chi connectivity index (χ4v) is 3.35. The summed E-state index contributed by atoms with van der Waals surface area (Å²) in [6.45, 7) is 2.43. The summed E-state index contributed by atoms with van der Waals surface area (Å²) < 4.78 is 6.70. The van der Waals surface area contributed by atoms with Gasteiger partial charge in [-0.15, -0.1) is 0 Å². The average molecular weight is 410 g/mol. The molecule has 24 heavy (non-hydrogen) atoms. The third-order valence-corrected chi connectivity index (χ3v) is 4.92. The first kappa shape index (κ1) is 17.5. The van der Waals surface area contributed by atoms with Gasteiger partial charge in [0.1, 0.15) is 10.9 Å². The number of nitrogens with zero attached hydrogens (tertiary/aromatic N) is 1. The van der Waals surface area contributed by atoms with Crippen LogP contribution in [0.1, 0.15) is 22.8 Å². The lowest BCUT2D eigenvalue weighted by Gasteiger charge is -2.24. The van der Waals surface area contributed by atoms with Crippen molar-refractivity contribution in [3.63, 3.8) is 0 Å². The number of carbonyl (C=O) groups is 1. The fraction of sp³-hybridized carbons (Fsp3) is 0.333. The van der Waals surface area contributed by atoms with Crippen LogP contribution in [0.4, 0.5) is 0 Å². The molecule has 0 aliphatic carbocycles. The zero-order chi connectivity index (χ0) is 16.9. The van der Waals surface area contributed by atoms with E-state index in [2.05, 4.69) is 26.2 Å². The van der Waals surface area contributed by atoms with Crippen molar-refractivity contribution in [2.45, 2.75) is 18.9 Å². The molecular formula is C18H18BrClN2O2. The van der Waals surface area contributed by atoms with Gasteiger partial charge in [-0.05, 0) is 28.8 Å². The summed E-state index contributed by atoms with van der Waals surface area (Å²) in [4.78, 5) is 16.3. The Morgan fingerprint density at radius 1 is 1.33 bits per heavy atom. The van der Waals surface area contributed by atoms with Gasteiger partial charge in [0.05, 0.1) is 12.7 Å². The van der Waals surface area contributed by atoms with Crippen LogP contribution in [0.2, 0.25) is 5.15 Å². The lowest BCUT2D eigenvalue weighted by molar-refractivity contribution is -0.117. The molecule has 0 saturated carbocycles. The molecule has 0 radical (unpaired) electrons. The van der Waals surface area contributed by atoms with Gasteiger partial charge in [-0.2, -0.15) is 0 Å². The maximum Gasteiger partial charge on any atom is 0.141 e. The van der Waals surface area contributed by atoms with E-state index in [9.17, 15) is 4.79 Å². The number of ether oxygens (including phenoxy) is 1. The Balaban J connectivity index is 1.64. The second-order valence-electron chi connectivity index (χ2n) is 5.80. The Labute approximate surface area is 154 Å². The lowest BCUT2D eigenvalue weighted by Crippen LogP contribution is -2.33. The van der Waals surface area contributed by atoms with Crippen LogP contribution >= 0.6 is 27.5 Å². The molecule has 1 fully saturated rings. The predicted molar refractivity (Wildman–Crippen MR) is 97.4 cm³/mol. The average Bonchev–Trinajstić information content (AvgIpc) is 2.59. The highest BCUT2D eigenvalue weighted by molar-refractivity contribution is 9.10. The van der Waals surface area contributed by atoms with Crippen LogP contribution in [-0.2, 0) is 22.4 Å². The Kier molecular flexibility index (Phi) is 6.00. The number of ketones is 1. The van der Waals surface area contributed by atoms with E-state index in [4.69, 9.17) is 16.3 Å². The highest BCUT2D eigenvalue weighted by atomic mass is 79.9. The normalized spacial score (nSPS) is 17.7. The van der Waals surface area contributed by atoms with Crippen LogP contribution in [0, 0.1) is 0 Å². The molecule has 1 saturated heterocycles. The van der Waals surface area contributed by atoms with E-state index in [0.29, 0.717) is 18.0 Å². The van der Waals surface area contributed by atoms with Crippen LogP contribution in [0.25, 0.3) is 0 Å². The number of pyridine rings is 1. The van der Waals surface area contributed by atoms with Gasteiger partial charge >= 0.3 is 0 Å². The predicted octanol–water partition coefficient (Wildman–Crippen LogP) is 3.51. The molecular weight excluding hydrogens is 392 g/mol. The van der Waals surface area contributed by atoms with Crippen molar-refractivity contribution in [3.05, 3.63) is 62.8 Å². The summed E-state index contributed by atoms with van der Waals surface area (Å²) in [6, 6.07) is 9.61. The number of hydrogen-bond donors (Lipinski definition) is 1. The van der Waals surface area contributed by atoms with Crippen molar-refractivity contribution < 1.29 is 9.53 Å². The van der Waals surface area contributed by atoms with Crippen LogP contribution < -0.4 is 5.32 Å². The van der Waals surface area contributed by atoms with E-state index in [0.717, 1.165) is 40.9 Å². The molecule has 1 N–H and O–H groups in total. The van der Waals surface area contributed by atoms with Crippen LogP contribution in [0.3, 0.4) is 0 Å². The molecule has 0 unspecified atom stereocenters. The molecule has 1 aliphatic heterocycles. The molecule has 4 nitrogen and oxygen atoms in total. The number of benzene rings is 1. The third kappa shape index (κ3) is 4.63. The van der Waals surface area contributed by atoms with Crippen molar-refractivity contribution in [1.82, 2.24) is 10.3 Å². The number of halogens is 2. The Morgan fingerprint density at radius 3 is 2.88 bits per heavy atom. The van der Waals surface area contributed by atoms with Crippen molar-refractivity contribution in [2.75, 3.05) is 19.7 Å². The van der Waals surface area contributed by atoms with Gasteiger partial charge in [-0.1, -0.05) is 45.7 Å². The number of Topliss-reactive ketones (excluding diaryl/α,β-unsaturated/α-hetero) is 1. The molecule has 1 aromatic heterocycles. The van der Waals surface area contributed by atoms with Crippen LogP contribution in [0.5, 0.6) is 0 Å².